The number of nitrogens with zero attached hydrogens (tertiary/aromatic N) is 3. The fraction of sp³-hybridized carbons (Fsp3) is 0. The van der Waals surface area contributed by atoms with Crippen molar-refractivity contribution in [2.75, 3.05) is 31.2 Å². The van der Waals surface area contributed by atoms with Crippen LogP contribution < -0.4 is 31.2 Å². The summed E-state index contributed by atoms with van der Waals surface area (Å²) in [7, 11) is -5.83. The molecule has 240 valence electrons. The molecule has 0 bridgehead atoms. The summed E-state index contributed by atoms with van der Waals surface area (Å²) in [6.45, 7) is 0. The lowest BCUT2D eigenvalue weighted by Gasteiger charge is -2.50. The largest absolute Gasteiger partial charge is 0.337 e. The second-order valence-electron chi connectivity index (χ2n) is 10.7. The fourth-order valence-corrected chi connectivity index (χ4v) is 14.0. The number of hydrazine groups is 2. The van der Waals surface area contributed by atoms with Crippen molar-refractivity contribution in [2.45, 2.75) is 0 Å². The number of rotatable bonds is 12. The van der Waals surface area contributed by atoms with Gasteiger partial charge in [0.15, 0.2) is 8.37 Å². The van der Waals surface area contributed by atoms with Gasteiger partial charge in [-0.1, -0.05) is 114 Å². The molecule has 0 aromatic heterocycles. The van der Waals surface area contributed by atoms with Gasteiger partial charge in [-0.15, -0.1) is 4.55 Å². The van der Waals surface area contributed by atoms with E-state index in [4.69, 9.17) is 4.52 Å². The molecule has 0 aliphatic carbocycles. The molecule has 0 fully saturated rings. The first kappa shape index (κ1) is 31.7. The third-order valence-electron chi connectivity index (χ3n) is 7.16. The summed E-state index contributed by atoms with van der Waals surface area (Å²) in [6.07, 6.45) is 0. The third-order valence-corrected chi connectivity index (χ3v) is 15.3. The maximum atomic E-state index is 5.79. The molecule has 0 radical (unpaired) electrons. The Morgan fingerprint density at radius 3 is 1.19 bits per heavy atom. The van der Waals surface area contributed by atoms with Gasteiger partial charge >= 0.3 is 0 Å². The molecule has 6 N–H and O–H groups in total. The second kappa shape index (κ2) is 15.4. The first-order valence-corrected chi connectivity index (χ1v) is 19.7. The summed E-state index contributed by atoms with van der Waals surface area (Å²) in [6, 6.07) is 61.6. The zero-order chi connectivity index (χ0) is 32.4. The van der Waals surface area contributed by atoms with Gasteiger partial charge in [-0.25, -0.2) is 0 Å². The molecule has 1 heterocycles. The lowest BCUT2D eigenvalue weighted by atomic mass is 10.3. The molecular weight excluding hydrogens is 651 g/mol. The zero-order valence-electron chi connectivity index (χ0n) is 26.0. The van der Waals surface area contributed by atoms with Gasteiger partial charge in [0.05, 0.1) is 0 Å². The fourth-order valence-electron chi connectivity index (χ4n) is 4.93. The number of benzene rings is 6. The van der Waals surface area contributed by atoms with Gasteiger partial charge in [-0.3, -0.25) is 0 Å². The van der Waals surface area contributed by atoms with E-state index in [2.05, 4.69) is 113 Å². The van der Waals surface area contributed by atoms with E-state index < -0.39 is 24.3 Å². The van der Waals surface area contributed by atoms with Crippen LogP contribution in [0.25, 0.3) is 0 Å². The molecule has 2 atom stereocenters. The molecule has 0 amide bonds. The van der Waals surface area contributed by atoms with Gasteiger partial charge < -0.3 is 31.2 Å². The number of para-hydroxylation sites is 6. The van der Waals surface area contributed by atoms with Crippen molar-refractivity contribution in [1.82, 2.24) is 9.10 Å². The smallest absolute Gasteiger partial charge is 0.243 e. The predicted octanol–water partition coefficient (Wildman–Crippen LogP) is 11.5. The van der Waals surface area contributed by atoms with E-state index >= 15 is 0 Å². The van der Waals surface area contributed by atoms with Gasteiger partial charge in [0.25, 0.3) is 0 Å². The summed E-state index contributed by atoms with van der Waals surface area (Å²) < 4.78 is 10.3. The molecule has 7 rings (SSSR count). The molecule has 12 heteroatoms. The minimum atomic E-state index is -2.94. The standard InChI is InChI=1S/C36H36N9P3/c1-7-19-31(20-8-1)37-44-46(39-33-23-11-3-12-24-33)43-48(41-35-27-15-5-16-28-35,42-36-29-17-6-18-30-36)45(38-32-21-9-2-10-22-32)47(44)40-34-25-13-4-14-26-34/h1-30,37-42H. The van der Waals surface area contributed by atoms with Crippen LogP contribution in [-0.2, 0) is 0 Å². The molecule has 1 aliphatic heterocycles. The van der Waals surface area contributed by atoms with E-state index in [1.807, 2.05) is 109 Å². The average molecular weight is 688 g/mol. The SMILES string of the molecule is c1ccc(NN2P(Nc3ccccc3)N=P(Nc3ccccc3)(Nc3ccccc3)N(Nc3ccccc3)P2Nc2ccccc2)cc1. The van der Waals surface area contributed by atoms with Gasteiger partial charge in [0, 0.05) is 34.1 Å². The predicted molar refractivity (Wildman–Crippen MR) is 207 cm³/mol. The monoisotopic (exact) mass is 687 g/mol. The Morgan fingerprint density at radius 1 is 0.396 bits per heavy atom. The van der Waals surface area contributed by atoms with Crippen LogP contribution >= 0.6 is 24.3 Å². The van der Waals surface area contributed by atoms with Gasteiger partial charge in [0.2, 0.25) is 15.9 Å². The molecule has 6 aromatic rings. The minimum absolute atomic E-state index is 0.936. The van der Waals surface area contributed by atoms with Crippen LogP contribution in [0.1, 0.15) is 0 Å². The van der Waals surface area contributed by atoms with Crippen LogP contribution in [0.3, 0.4) is 0 Å². The minimum Gasteiger partial charge on any atom is -0.337 e. The molecule has 0 saturated heterocycles. The Balaban J connectivity index is 1.46. The van der Waals surface area contributed by atoms with Crippen LogP contribution in [0.15, 0.2) is 187 Å². The van der Waals surface area contributed by atoms with Gasteiger partial charge in [-0.2, -0.15) is 4.52 Å². The van der Waals surface area contributed by atoms with Gasteiger partial charge in [0.1, 0.15) is 0 Å². The van der Waals surface area contributed by atoms with Crippen molar-refractivity contribution in [3.63, 3.8) is 0 Å². The molecule has 48 heavy (non-hydrogen) atoms. The van der Waals surface area contributed by atoms with Crippen molar-refractivity contribution >= 4 is 58.4 Å². The Kier molecular flexibility index (Phi) is 10.1. The Hall–Kier alpha value is -4.87. The summed E-state index contributed by atoms with van der Waals surface area (Å²) >= 11 is 0. The van der Waals surface area contributed by atoms with E-state index in [0.29, 0.717) is 0 Å². The molecular formula is C36H36N9P3. The van der Waals surface area contributed by atoms with Crippen molar-refractivity contribution in [3.8, 4) is 0 Å². The van der Waals surface area contributed by atoms with Crippen LogP contribution in [-0.4, -0.2) is 9.10 Å². The maximum Gasteiger partial charge on any atom is 0.243 e. The quantitative estimate of drug-likeness (QED) is 0.0709. The van der Waals surface area contributed by atoms with Crippen LogP contribution in [0.2, 0.25) is 0 Å². The van der Waals surface area contributed by atoms with E-state index in [1.54, 1.807) is 0 Å². The van der Waals surface area contributed by atoms with Crippen LogP contribution in [0, 0.1) is 0 Å². The normalized spacial score (nSPS) is 17.3. The highest BCUT2D eigenvalue weighted by molar-refractivity contribution is 7.86. The zero-order valence-corrected chi connectivity index (χ0v) is 28.7. The number of hydrogen-bond donors (Lipinski definition) is 6. The number of anilines is 6. The molecule has 2 unspecified atom stereocenters. The van der Waals surface area contributed by atoms with Crippen molar-refractivity contribution in [3.05, 3.63) is 182 Å². The molecule has 1 aliphatic rings. The highest BCUT2D eigenvalue weighted by Crippen LogP contribution is 2.75. The number of hydrogen-bond acceptors (Lipinski definition) is 9. The van der Waals surface area contributed by atoms with Crippen molar-refractivity contribution < 1.29 is 0 Å². The summed E-state index contributed by atoms with van der Waals surface area (Å²) in [5, 5.41) is 15.6. The molecule has 6 aromatic carbocycles. The van der Waals surface area contributed by atoms with Crippen molar-refractivity contribution in [2.24, 2.45) is 4.52 Å². The molecule has 0 spiro atoms. The highest BCUT2D eigenvalue weighted by atomic mass is 31.3. The van der Waals surface area contributed by atoms with Crippen LogP contribution in [0.4, 0.5) is 34.1 Å². The Labute approximate surface area is 284 Å². The van der Waals surface area contributed by atoms with Crippen LogP contribution in [0.5, 0.6) is 0 Å². The Morgan fingerprint density at radius 2 is 0.750 bits per heavy atom. The molecule has 0 saturated carbocycles. The average Bonchev–Trinajstić information content (AvgIpc) is 3.14. The summed E-state index contributed by atoms with van der Waals surface area (Å²) in [5.41, 5.74) is 13.3. The molecule has 9 nitrogen and oxygen atoms in total. The Bertz CT molecular complexity index is 1860. The summed E-state index contributed by atoms with van der Waals surface area (Å²) in [5.74, 6) is 0. The first-order chi connectivity index (χ1) is 23.7. The van der Waals surface area contributed by atoms with E-state index in [9.17, 15) is 0 Å². The highest BCUT2D eigenvalue weighted by Gasteiger charge is 2.48. The summed E-state index contributed by atoms with van der Waals surface area (Å²) in [4.78, 5) is 0. The lowest BCUT2D eigenvalue weighted by molar-refractivity contribution is 0.739. The van der Waals surface area contributed by atoms with E-state index in [1.165, 1.54) is 0 Å². The third kappa shape index (κ3) is 7.80. The number of nitrogens with one attached hydrogen (secondary N) is 6. The van der Waals surface area contributed by atoms with Gasteiger partial charge in [-0.05, 0) is 72.8 Å². The van der Waals surface area contributed by atoms with Crippen molar-refractivity contribution in [1.29, 1.82) is 0 Å². The first-order valence-electron chi connectivity index (χ1n) is 15.5. The second-order valence-corrected chi connectivity index (χ2v) is 16.9. The van der Waals surface area contributed by atoms with E-state index in [-0.39, 0.29) is 0 Å². The van der Waals surface area contributed by atoms with E-state index in [0.717, 1.165) is 34.1 Å². The maximum absolute atomic E-state index is 5.79. The topological polar surface area (TPSA) is 91.0 Å². The lowest BCUT2D eigenvalue weighted by Crippen LogP contribution is -2.40.